The molecule has 1 aliphatic carbocycles. The molecule has 1 fully saturated rings. The van der Waals surface area contributed by atoms with E-state index in [-0.39, 0.29) is 0 Å². The number of piperidine rings is 1. The zero-order chi connectivity index (χ0) is 15.6. The highest BCUT2D eigenvalue weighted by molar-refractivity contribution is 5.36. The average molecular weight is 312 g/mol. The van der Waals surface area contributed by atoms with Gasteiger partial charge in [-0.05, 0) is 43.7 Å². The lowest BCUT2D eigenvalue weighted by molar-refractivity contribution is 0.200. The molecular weight excluding hydrogens is 288 g/mol. The maximum atomic E-state index is 4.54. The summed E-state index contributed by atoms with van der Waals surface area (Å²) in [5.41, 5.74) is 4.14. The average Bonchev–Trinajstić information content (AvgIpc) is 3.21. The molecule has 1 aliphatic heterocycles. The molecule has 23 heavy (non-hydrogen) atoms. The Morgan fingerprint density at radius 1 is 1.30 bits per heavy atom. The summed E-state index contributed by atoms with van der Waals surface area (Å²) >= 11 is 0. The van der Waals surface area contributed by atoms with Crippen LogP contribution >= 0.6 is 0 Å². The Hall–Kier alpha value is -1.95. The normalized spacial score (nSPS) is 19.0. The summed E-state index contributed by atoms with van der Waals surface area (Å²) < 4.78 is 0. The third-order valence-corrected chi connectivity index (χ3v) is 5.30. The number of aromatic nitrogens is 4. The van der Waals surface area contributed by atoms with Gasteiger partial charge in [0.1, 0.15) is 12.1 Å². The van der Waals surface area contributed by atoms with Crippen molar-refractivity contribution in [3.63, 3.8) is 0 Å². The Morgan fingerprint density at radius 3 is 2.96 bits per heavy atom. The Kier molecular flexibility index (Phi) is 3.99. The number of hydrogen-bond donors (Lipinski definition) is 1. The zero-order valence-electron chi connectivity index (χ0n) is 13.7. The summed E-state index contributed by atoms with van der Waals surface area (Å²) in [6.45, 7) is 3.25. The van der Waals surface area contributed by atoms with E-state index in [4.69, 9.17) is 0 Å². The molecule has 0 amide bonds. The first kappa shape index (κ1) is 14.6. The molecule has 1 N–H and O–H groups in total. The number of nitrogens with one attached hydrogen (secondary N) is 1. The van der Waals surface area contributed by atoms with Crippen LogP contribution in [-0.4, -0.2) is 51.2 Å². The summed E-state index contributed by atoms with van der Waals surface area (Å²) in [5.74, 6) is 1.02. The van der Waals surface area contributed by atoms with Crippen molar-refractivity contribution in [2.75, 3.05) is 25.0 Å². The molecule has 0 atom stereocenters. The van der Waals surface area contributed by atoms with Crippen LogP contribution in [0.25, 0.3) is 0 Å². The SMILES string of the molecule is CN(c1ccncn1)C1CCN(Cc2n[nH]c3c2CCC3)CC1. The minimum absolute atomic E-state index is 0.561. The molecule has 3 heterocycles. The van der Waals surface area contributed by atoms with E-state index < -0.39 is 0 Å². The van der Waals surface area contributed by atoms with Gasteiger partial charge in [0, 0.05) is 44.6 Å². The van der Waals surface area contributed by atoms with Gasteiger partial charge in [0.15, 0.2) is 0 Å². The predicted molar refractivity (Wildman–Crippen MR) is 89.3 cm³/mol. The third kappa shape index (κ3) is 2.95. The van der Waals surface area contributed by atoms with Crippen molar-refractivity contribution in [3.8, 4) is 0 Å². The first-order valence-electron chi connectivity index (χ1n) is 8.57. The molecule has 0 aromatic carbocycles. The first-order chi connectivity index (χ1) is 11.3. The lowest BCUT2D eigenvalue weighted by Gasteiger charge is -2.37. The Labute approximate surface area is 136 Å². The molecule has 2 aliphatic rings. The highest BCUT2D eigenvalue weighted by Gasteiger charge is 2.25. The minimum atomic E-state index is 0.561. The quantitative estimate of drug-likeness (QED) is 0.932. The summed E-state index contributed by atoms with van der Waals surface area (Å²) in [5, 5.41) is 7.76. The molecule has 6 heteroatoms. The molecular formula is C17H24N6. The fourth-order valence-corrected chi connectivity index (χ4v) is 3.87. The van der Waals surface area contributed by atoms with Gasteiger partial charge in [-0.3, -0.25) is 10.00 Å². The fourth-order valence-electron chi connectivity index (χ4n) is 3.87. The molecule has 2 aromatic heterocycles. The van der Waals surface area contributed by atoms with E-state index in [9.17, 15) is 0 Å². The van der Waals surface area contributed by atoms with Crippen LogP contribution in [-0.2, 0) is 19.4 Å². The number of anilines is 1. The summed E-state index contributed by atoms with van der Waals surface area (Å²) in [6, 6.07) is 2.55. The van der Waals surface area contributed by atoms with Crippen molar-refractivity contribution in [3.05, 3.63) is 35.5 Å². The van der Waals surface area contributed by atoms with E-state index >= 15 is 0 Å². The minimum Gasteiger partial charge on any atom is -0.356 e. The Balaban J connectivity index is 1.34. The second-order valence-corrected chi connectivity index (χ2v) is 6.67. The number of aromatic amines is 1. The van der Waals surface area contributed by atoms with Gasteiger partial charge in [-0.15, -0.1) is 0 Å². The summed E-state index contributed by atoms with van der Waals surface area (Å²) in [4.78, 5) is 13.2. The van der Waals surface area contributed by atoms with Crippen molar-refractivity contribution in [1.82, 2.24) is 25.1 Å². The van der Waals surface area contributed by atoms with E-state index in [0.29, 0.717) is 6.04 Å². The van der Waals surface area contributed by atoms with E-state index in [1.807, 2.05) is 12.3 Å². The molecule has 0 unspecified atom stereocenters. The molecule has 0 radical (unpaired) electrons. The van der Waals surface area contributed by atoms with Crippen molar-refractivity contribution in [1.29, 1.82) is 0 Å². The van der Waals surface area contributed by atoms with Gasteiger partial charge in [-0.1, -0.05) is 0 Å². The molecule has 2 aromatic rings. The van der Waals surface area contributed by atoms with Crippen molar-refractivity contribution in [2.45, 2.75) is 44.7 Å². The molecule has 0 bridgehead atoms. The highest BCUT2D eigenvalue weighted by atomic mass is 15.2. The molecule has 1 saturated heterocycles. The lowest BCUT2D eigenvalue weighted by atomic mass is 10.0. The predicted octanol–water partition coefficient (Wildman–Crippen LogP) is 1.79. The van der Waals surface area contributed by atoms with Gasteiger partial charge in [0.05, 0.1) is 5.69 Å². The second-order valence-electron chi connectivity index (χ2n) is 6.67. The van der Waals surface area contributed by atoms with Gasteiger partial charge in [0.2, 0.25) is 0 Å². The van der Waals surface area contributed by atoms with E-state index in [0.717, 1.165) is 25.5 Å². The van der Waals surface area contributed by atoms with Gasteiger partial charge < -0.3 is 4.90 Å². The Bertz CT molecular complexity index is 644. The van der Waals surface area contributed by atoms with Crippen LogP contribution < -0.4 is 4.90 Å². The maximum Gasteiger partial charge on any atom is 0.131 e. The zero-order valence-corrected chi connectivity index (χ0v) is 13.7. The van der Waals surface area contributed by atoms with Gasteiger partial charge >= 0.3 is 0 Å². The fraction of sp³-hybridized carbons (Fsp3) is 0.588. The summed E-state index contributed by atoms with van der Waals surface area (Å²) in [6.07, 6.45) is 9.44. The molecule has 6 nitrogen and oxygen atoms in total. The van der Waals surface area contributed by atoms with Crippen LogP contribution in [0.5, 0.6) is 0 Å². The number of hydrogen-bond acceptors (Lipinski definition) is 5. The number of H-pyrrole nitrogens is 1. The van der Waals surface area contributed by atoms with Crippen molar-refractivity contribution < 1.29 is 0 Å². The first-order valence-corrected chi connectivity index (χ1v) is 8.57. The standard InChI is InChI=1S/C17H24N6/c1-22(17-5-8-18-12-19-17)13-6-9-23(10-7-13)11-16-14-3-2-4-15(14)20-21-16/h5,8,12-13H,2-4,6-7,9-11H2,1H3,(H,20,21). The number of fused-ring (bicyclic) bond motifs is 1. The van der Waals surface area contributed by atoms with E-state index in [2.05, 4.69) is 37.0 Å². The topological polar surface area (TPSA) is 60.9 Å². The number of nitrogens with zero attached hydrogens (tertiary/aromatic N) is 5. The number of likely N-dealkylation sites (tertiary alicyclic amines) is 1. The van der Waals surface area contributed by atoms with Gasteiger partial charge in [-0.25, -0.2) is 9.97 Å². The van der Waals surface area contributed by atoms with Crippen LogP contribution in [0.1, 0.15) is 36.2 Å². The summed E-state index contributed by atoms with van der Waals surface area (Å²) in [7, 11) is 2.14. The molecule has 0 spiro atoms. The second kappa shape index (κ2) is 6.28. The van der Waals surface area contributed by atoms with Crippen LogP contribution in [0.4, 0.5) is 5.82 Å². The monoisotopic (exact) mass is 312 g/mol. The van der Waals surface area contributed by atoms with Crippen molar-refractivity contribution >= 4 is 5.82 Å². The van der Waals surface area contributed by atoms with Crippen LogP contribution in [0.15, 0.2) is 18.6 Å². The van der Waals surface area contributed by atoms with Gasteiger partial charge in [0.25, 0.3) is 0 Å². The molecule has 4 rings (SSSR count). The third-order valence-electron chi connectivity index (χ3n) is 5.30. The van der Waals surface area contributed by atoms with Crippen LogP contribution in [0, 0.1) is 0 Å². The van der Waals surface area contributed by atoms with Crippen LogP contribution in [0.3, 0.4) is 0 Å². The number of rotatable bonds is 4. The molecule has 122 valence electrons. The maximum absolute atomic E-state index is 4.54. The largest absolute Gasteiger partial charge is 0.356 e. The highest BCUT2D eigenvalue weighted by Crippen LogP contribution is 2.25. The molecule has 0 saturated carbocycles. The van der Waals surface area contributed by atoms with Crippen molar-refractivity contribution in [2.24, 2.45) is 0 Å². The lowest BCUT2D eigenvalue weighted by Crippen LogP contribution is -2.43. The van der Waals surface area contributed by atoms with Crippen LogP contribution in [0.2, 0.25) is 0 Å². The smallest absolute Gasteiger partial charge is 0.131 e. The van der Waals surface area contributed by atoms with E-state index in [1.165, 1.54) is 49.1 Å². The van der Waals surface area contributed by atoms with Gasteiger partial charge in [-0.2, -0.15) is 5.10 Å². The Morgan fingerprint density at radius 2 is 2.17 bits per heavy atom. The van der Waals surface area contributed by atoms with E-state index in [1.54, 1.807) is 6.33 Å². The number of aryl methyl sites for hydroxylation is 1.